The molecule has 3 aliphatic carbocycles. The van der Waals surface area contributed by atoms with E-state index in [9.17, 15) is 15.3 Å². The summed E-state index contributed by atoms with van der Waals surface area (Å²) in [4.78, 5) is 0. The van der Waals surface area contributed by atoms with Crippen molar-refractivity contribution in [2.75, 3.05) is 26.9 Å². The van der Waals surface area contributed by atoms with Gasteiger partial charge in [0.05, 0.1) is 25.4 Å². The highest BCUT2D eigenvalue weighted by Gasteiger charge is 2.60. The fourth-order valence-corrected chi connectivity index (χ4v) is 8.99. The minimum atomic E-state index is -1.35. The number of ether oxygens (including phenoxy) is 6. The van der Waals surface area contributed by atoms with Gasteiger partial charge in [-0.05, 0) is 63.4 Å². The molecule has 0 spiro atoms. The summed E-state index contributed by atoms with van der Waals surface area (Å²) in [5, 5.41) is 34.6. The third kappa shape index (κ3) is 4.88. The van der Waals surface area contributed by atoms with E-state index in [2.05, 4.69) is 33.8 Å². The summed E-state index contributed by atoms with van der Waals surface area (Å²) in [6, 6.07) is 0. The second-order valence-corrected chi connectivity index (χ2v) is 14.2. The van der Waals surface area contributed by atoms with Crippen LogP contribution in [0.1, 0.15) is 60.8 Å². The van der Waals surface area contributed by atoms with Crippen molar-refractivity contribution in [3.63, 3.8) is 0 Å². The van der Waals surface area contributed by atoms with Gasteiger partial charge in [-0.1, -0.05) is 38.0 Å². The molecule has 0 aromatic carbocycles. The topological polar surface area (TPSA) is 116 Å². The van der Waals surface area contributed by atoms with Crippen LogP contribution in [-0.2, 0) is 28.4 Å². The molecule has 41 heavy (non-hydrogen) atoms. The first kappa shape index (κ1) is 30.2. The maximum absolute atomic E-state index is 12.2. The monoisotopic (exact) mass is 578 g/mol. The molecule has 9 nitrogen and oxygen atoms in total. The Labute approximate surface area is 244 Å². The summed E-state index contributed by atoms with van der Waals surface area (Å²) < 4.78 is 36.8. The smallest absolute Gasteiger partial charge is 0.187 e. The van der Waals surface area contributed by atoms with Gasteiger partial charge in [-0.25, -0.2) is 0 Å². The van der Waals surface area contributed by atoms with Gasteiger partial charge in [0.15, 0.2) is 12.1 Å². The van der Waals surface area contributed by atoms with Crippen molar-refractivity contribution in [1.82, 2.24) is 0 Å². The van der Waals surface area contributed by atoms with Crippen LogP contribution in [0.3, 0.4) is 0 Å². The number of aliphatic hydroxyl groups excluding tert-OH is 3. The van der Waals surface area contributed by atoms with E-state index in [-0.39, 0.29) is 36.4 Å². The number of aliphatic hydroxyl groups is 3. The highest BCUT2D eigenvalue weighted by molar-refractivity contribution is 5.45. The van der Waals surface area contributed by atoms with Crippen LogP contribution in [0, 0.1) is 35.0 Å². The van der Waals surface area contributed by atoms with Crippen molar-refractivity contribution >= 4 is 0 Å². The molecule has 232 valence electrons. The number of fused-ring (bicyclic) bond motifs is 5. The van der Waals surface area contributed by atoms with Crippen LogP contribution in [0.4, 0.5) is 0 Å². The molecule has 0 amide bonds. The Kier molecular flexibility index (Phi) is 8.04. The Bertz CT molecular complexity index is 1050. The molecule has 13 atom stereocenters. The Morgan fingerprint density at radius 3 is 2.49 bits per heavy atom. The van der Waals surface area contributed by atoms with Gasteiger partial charge >= 0.3 is 0 Å². The van der Waals surface area contributed by atoms with Crippen LogP contribution >= 0.6 is 0 Å². The van der Waals surface area contributed by atoms with E-state index in [1.165, 1.54) is 11.1 Å². The fourth-order valence-electron chi connectivity index (χ4n) is 8.99. The first-order valence-electron chi connectivity index (χ1n) is 15.6. The highest BCUT2D eigenvalue weighted by Crippen LogP contribution is 2.60. The molecule has 3 aliphatic heterocycles. The number of hydrogen-bond acceptors (Lipinski definition) is 9. The Morgan fingerprint density at radius 2 is 1.78 bits per heavy atom. The first-order valence-corrected chi connectivity index (χ1v) is 15.6. The van der Waals surface area contributed by atoms with Crippen LogP contribution in [0.2, 0.25) is 0 Å². The second-order valence-electron chi connectivity index (χ2n) is 14.2. The summed E-state index contributed by atoms with van der Waals surface area (Å²) in [7, 11) is 1.76. The predicted molar refractivity (Wildman–Crippen MR) is 150 cm³/mol. The van der Waals surface area contributed by atoms with E-state index in [0.717, 1.165) is 24.8 Å². The molecule has 6 aliphatic rings. The summed E-state index contributed by atoms with van der Waals surface area (Å²) in [5.74, 6) is -0.0434. The van der Waals surface area contributed by atoms with Crippen LogP contribution in [-0.4, -0.2) is 97.1 Å². The molecule has 4 fully saturated rings. The SMILES string of the molecule is COC[C@H]1CC[C@@H]2/C1=C/[C@]1(C)C(=C(C(C)C)[C@@H]3CCO[C@@H]31)[C@@H](O[C@H]1O[C@@H]3COC(C)(C)O[C@H]3[C@H](O)[C@H]1O)[C@H](O)[C@@H]2C. The molecule has 9 heteroatoms. The number of methoxy groups -OCH3 is 1. The standard InChI is InChI=1S/C32H50O9/c1-15(2)22-19-10-11-37-29(19)32(6)12-20-17(13-36-7)8-9-18(20)16(3)24(33)28(23(22)32)40-30-26(35)25(34)27-21(39-30)14-38-31(4,5)41-27/h12,15-19,21,24-30,33-35H,8-11,13-14H2,1-7H3/b20-12+/t16-,17-,18+,19+,21-,24-,25-,26-,27-,28-,29+,30-,32-/m1/s1. The average Bonchev–Trinajstić information content (AvgIpc) is 3.60. The van der Waals surface area contributed by atoms with E-state index in [4.69, 9.17) is 28.4 Å². The first-order chi connectivity index (χ1) is 19.4. The zero-order chi connectivity index (χ0) is 29.4. The van der Waals surface area contributed by atoms with Crippen molar-refractivity contribution in [2.24, 2.45) is 35.0 Å². The Hall–Kier alpha value is -0.880. The molecular weight excluding hydrogens is 528 g/mol. The number of hydrogen-bond donors (Lipinski definition) is 3. The summed E-state index contributed by atoms with van der Waals surface area (Å²) in [6.07, 6.45) is -1.38. The van der Waals surface area contributed by atoms with Crippen molar-refractivity contribution in [1.29, 1.82) is 0 Å². The van der Waals surface area contributed by atoms with E-state index >= 15 is 0 Å². The van der Waals surface area contributed by atoms with Crippen molar-refractivity contribution < 1.29 is 43.7 Å². The van der Waals surface area contributed by atoms with E-state index in [1.54, 1.807) is 21.0 Å². The molecule has 0 bridgehead atoms. The van der Waals surface area contributed by atoms with Crippen LogP contribution < -0.4 is 0 Å². The highest BCUT2D eigenvalue weighted by atomic mass is 16.8. The van der Waals surface area contributed by atoms with Gasteiger partial charge in [0.1, 0.15) is 30.5 Å². The number of rotatable bonds is 5. The molecule has 3 saturated heterocycles. The van der Waals surface area contributed by atoms with E-state index in [0.29, 0.717) is 19.1 Å². The zero-order valence-corrected chi connectivity index (χ0v) is 25.6. The maximum Gasteiger partial charge on any atom is 0.187 e. The third-order valence-electron chi connectivity index (χ3n) is 10.9. The lowest BCUT2D eigenvalue weighted by Gasteiger charge is -2.50. The lowest BCUT2D eigenvalue weighted by molar-refractivity contribution is -0.387. The summed E-state index contributed by atoms with van der Waals surface area (Å²) in [5.41, 5.74) is 3.18. The molecule has 0 radical (unpaired) electrons. The van der Waals surface area contributed by atoms with Gasteiger partial charge in [0, 0.05) is 31.0 Å². The Morgan fingerprint density at radius 1 is 1.02 bits per heavy atom. The zero-order valence-electron chi connectivity index (χ0n) is 25.6. The predicted octanol–water partition coefficient (Wildman–Crippen LogP) is 2.96. The van der Waals surface area contributed by atoms with Gasteiger partial charge in [-0.3, -0.25) is 0 Å². The molecular formula is C32H50O9. The average molecular weight is 579 g/mol. The van der Waals surface area contributed by atoms with E-state index in [1.807, 2.05) is 0 Å². The second kappa shape index (κ2) is 10.9. The van der Waals surface area contributed by atoms with Crippen LogP contribution in [0.5, 0.6) is 0 Å². The molecule has 1 saturated carbocycles. The molecule has 3 N–H and O–H groups in total. The fraction of sp³-hybridized carbons (Fsp3) is 0.875. The molecule has 0 unspecified atom stereocenters. The molecule has 0 aromatic rings. The normalized spacial score (nSPS) is 50.5. The molecule has 0 aromatic heterocycles. The van der Waals surface area contributed by atoms with Crippen molar-refractivity contribution in [3.8, 4) is 0 Å². The van der Waals surface area contributed by atoms with Crippen molar-refractivity contribution in [3.05, 3.63) is 22.8 Å². The van der Waals surface area contributed by atoms with Crippen LogP contribution in [0.15, 0.2) is 22.8 Å². The summed E-state index contributed by atoms with van der Waals surface area (Å²) >= 11 is 0. The lowest BCUT2D eigenvalue weighted by atomic mass is 9.68. The van der Waals surface area contributed by atoms with Gasteiger partial charge in [-0.15, -0.1) is 0 Å². The van der Waals surface area contributed by atoms with Gasteiger partial charge < -0.3 is 43.7 Å². The molecule has 3 heterocycles. The van der Waals surface area contributed by atoms with E-state index < -0.39 is 54.1 Å². The van der Waals surface area contributed by atoms with Crippen molar-refractivity contribution in [2.45, 2.75) is 116 Å². The van der Waals surface area contributed by atoms with Gasteiger partial charge in [0.2, 0.25) is 0 Å². The van der Waals surface area contributed by atoms with Gasteiger partial charge in [-0.2, -0.15) is 0 Å². The minimum absolute atomic E-state index is 0.0481. The largest absolute Gasteiger partial charge is 0.390 e. The third-order valence-corrected chi connectivity index (χ3v) is 10.9. The van der Waals surface area contributed by atoms with Gasteiger partial charge in [0.25, 0.3) is 0 Å². The minimum Gasteiger partial charge on any atom is -0.390 e. The summed E-state index contributed by atoms with van der Waals surface area (Å²) in [6.45, 7) is 13.9. The molecule has 6 rings (SSSR count). The Balaban J connectivity index is 1.42. The lowest BCUT2D eigenvalue weighted by Crippen LogP contribution is -2.65. The maximum atomic E-state index is 12.2. The quantitative estimate of drug-likeness (QED) is 0.424. The van der Waals surface area contributed by atoms with Crippen LogP contribution in [0.25, 0.3) is 0 Å².